The van der Waals surface area contributed by atoms with Gasteiger partial charge in [-0.3, -0.25) is 4.98 Å². The van der Waals surface area contributed by atoms with E-state index in [1.807, 2.05) is 6.07 Å². The third kappa shape index (κ3) is 1.42. The first-order chi connectivity index (χ1) is 5.75. The predicted molar refractivity (Wildman–Crippen MR) is 52.2 cm³/mol. The van der Waals surface area contributed by atoms with E-state index in [0.29, 0.717) is 5.02 Å². The van der Waals surface area contributed by atoms with Crippen molar-refractivity contribution in [1.29, 1.82) is 0 Å². The van der Waals surface area contributed by atoms with Crippen LogP contribution in [0.25, 0.3) is 11.0 Å². The van der Waals surface area contributed by atoms with E-state index in [9.17, 15) is 0 Å². The molecule has 2 aromatic rings. The zero-order chi connectivity index (χ0) is 8.55. The Hall–Kier alpha value is -0.670. The van der Waals surface area contributed by atoms with E-state index < -0.39 is 0 Å². The first-order valence-corrected chi connectivity index (χ1v) is 4.50. The summed E-state index contributed by atoms with van der Waals surface area (Å²) in [5, 5.41) is 0.676. The SMILES string of the molecule is Clc1ccc2ncc(Br)nc2c1. The van der Waals surface area contributed by atoms with Crippen molar-refractivity contribution >= 4 is 38.6 Å². The number of benzene rings is 1. The van der Waals surface area contributed by atoms with Gasteiger partial charge < -0.3 is 0 Å². The third-order valence-corrected chi connectivity index (χ3v) is 2.09. The average molecular weight is 243 g/mol. The Labute approximate surface area is 82.7 Å². The fourth-order valence-corrected chi connectivity index (χ4v) is 1.42. The van der Waals surface area contributed by atoms with Gasteiger partial charge in [-0.15, -0.1) is 0 Å². The molecule has 0 radical (unpaired) electrons. The van der Waals surface area contributed by atoms with Crippen LogP contribution in [0.5, 0.6) is 0 Å². The number of hydrogen-bond donors (Lipinski definition) is 0. The van der Waals surface area contributed by atoms with Crippen LogP contribution >= 0.6 is 27.5 Å². The van der Waals surface area contributed by atoms with Crippen LogP contribution < -0.4 is 0 Å². The minimum absolute atomic E-state index is 0.676. The maximum Gasteiger partial charge on any atom is 0.125 e. The van der Waals surface area contributed by atoms with Crippen LogP contribution in [0, 0.1) is 0 Å². The van der Waals surface area contributed by atoms with Crippen molar-refractivity contribution in [2.75, 3.05) is 0 Å². The number of halogens is 2. The molecule has 2 nitrogen and oxygen atoms in total. The number of rotatable bonds is 0. The average Bonchev–Trinajstić information content (AvgIpc) is 2.03. The van der Waals surface area contributed by atoms with E-state index >= 15 is 0 Å². The van der Waals surface area contributed by atoms with Crippen molar-refractivity contribution in [1.82, 2.24) is 9.97 Å². The molecule has 0 fully saturated rings. The number of hydrogen-bond acceptors (Lipinski definition) is 2. The van der Waals surface area contributed by atoms with Crippen LogP contribution in [0.4, 0.5) is 0 Å². The van der Waals surface area contributed by atoms with Gasteiger partial charge in [0.15, 0.2) is 0 Å². The first-order valence-electron chi connectivity index (χ1n) is 3.33. The lowest BCUT2D eigenvalue weighted by Gasteiger charge is -1.96. The van der Waals surface area contributed by atoms with Crippen molar-refractivity contribution in [3.63, 3.8) is 0 Å². The van der Waals surface area contributed by atoms with E-state index in [1.165, 1.54) is 0 Å². The number of fused-ring (bicyclic) bond motifs is 1. The minimum Gasteiger partial charge on any atom is -0.252 e. The summed E-state index contributed by atoms with van der Waals surface area (Å²) in [7, 11) is 0. The molecule has 0 N–H and O–H groups in total. The van der Waals surface area contributed by atoms with Crippen LogP contribution in [-0.4, -0.2) is 9.97 Å². The third-order valence-electron chi connectivity index (χ3n) is 1.47. The van der Waals surface area contributed by atoms with E-state index in [0.717, 1.165) is 15.6 Å². The van der Waals surface area contributed by atoms with Crippen LogP contribution in [0.1, 0.15) is 0 Å². The molecule has 60 valence electrons. The van der Waals surface area contributed by atoms with Crippen molar-refractivity contribution < 1.29 is 0 Å². The normalized spacial score (nSPS) is 10.5. The van der Waals surface area contributed by atoms with Gasteiger partial charge in [-0.05, 0) is 34.1 Å². The molecule has 0 amide bonds. The van der Waals surface area contributed by atoms with Gasteiger partial charge in [0, 0.05) is 5.02 Å². The van der Waals surface area contributed by atoms with Crippen LogP contribution in [0.3, 0.4) is 0 Å². The molecule has 1 heterocycles. The Balaban J connectivity index is 2.80. The molecule has 12 heavy (non-hydrogen) atoms. The van der Waals surface area contributed by atoms with Gasteiger partial charge in [-0.25, -0.2) is 4.98 Å². The van der Waals surface area contributed by atoms with Crippen molar-refractivity contribution in [3.05, 3.63) is 34.0 Å². The highest BCUT2D eigenvalue weighted by atomic mass is 79.9. The summed E-state index contributed by atoms with van der Waals surface area (Å²) >= 11 is 9.03. The lowest BCUT2D eigenvalue weighted by Crippen LogP contribution is -1.83. The van der Waals surface area contributed by atoms with Gasteiger partial charge in [0.2, 0.25) is 0 Å². The molecule has 0 aliphatic heterocycles. The maximum atomic E-state index is 5.79. The topological polar surface area (TPSA) is 25.8 Å². The standard InChI is InChI=1S/C8H4BrClN2/c9-8-4-11-6-2-1-5(10)3-7(6)12-8/h1-4H. The smallest absolute Gasteiger partial charge is 0.125 e. The largest absolute Gasteiger partial charge is 0.252 e. The Morgan fingerprint density at radius 3 is 2.92 bits per heavy atom. The second-order valence-corrected chi connectivity index (χ2v) is 3.57. The quantitative estimate of drug-likeness (QED) is 0.711. The lowest BCUT2D eigenvalue weighted by molar-refractivity contribution is 1.25. The summed E-state index contributed by atoms with van der Waals surface area (Å²) in [4.78, 5) is 8.36. The molecule has 1 aromatic carbocycles. The van der Waals surface area contributed by atoms with Gasteiger partial charge in [-0.1, -0.05) is 11.6 Å². The molecule has 0 saturated carbocycles. The van der Waals surface area contributed by atoms with E-state index in [4.69, 9.17) is 11.6 Å². The molecule has 0 spiro atoms. The molecule has 0 aliphatic rings. The highest BCUT2D eigenvalue weighted by Crippen LogP contribution is 2.17. The van der Waals surface area contributed by atoms with Gasteiger partial charge >= 0.3 is 0 Å². The predicted octanol–water partition coefficient (Wildman–Crippen LogP) is 3.05. The Morgan fingerprint density at radius 1 is 1.25 bits per heavy atom. The summed E-state index contributed by atoms with van der Waals surface area (Å²) in [5.74, 6) is 0. The lowest BCUT2D eigenvalue weighted by atomic mass is 10.3. The molecule has 0 bridgehead atoms. The molecule has 2 rings (SSSR count). The molecule has 0 saturated heterocycles. The van der Waals surface area contributed by atoms with Crippen LogP contribution in [-0.2, 0) is 0 Å². The minimum atomic E-state index is 0.676. The van der Waals surface area contributed by atoms with Gasteiger partial charge in [0.05, 0.1) is 17.2 Å². The molecular weight excluding hydrogens is 239 g/mol. The monoisotopic (exact) mass is 242 g/mol. The fraction of sp³-hybridized carbons (Fsp3) is 0. The fourth-order valence-electron chi connectivity index (χ4n) is 0.962. The summed E-state index contributed by atoms with van der Waals surface area (Å²) in [6, 6.07) is 5.43. The highest BCUT2D eigenvalue weighted by molar-refractivity contribution is 9.10. The van der Waals surface area contributed by atoms with Gasteiger partial charge in [0.25, 0.3) is 0 Å². The molecule has 0 aliphatic carbocycles. The Kier molecular flexibility index (Phi) is 1.98. The maximum absolute atomic E-state index is 5.79. The number of aromatic nitrogens is 2. The molecule has 0 unspecified atom stereocenters. The van der Waals surface area contributed by atoms with E-state index in [1.54, 1.807) is 18.3 Å². The second-order valence-electron chi connectivity index (χ2n) is 2.33. The summed E-state index contributed by atoms with van der Waals surface area (Å²) in [6.45, 7) is 0. The van der Waals surface area contributed by atoms with Crippen LogP contribution in [0.15, 0.2) is 29.0 Å². The van der Waals surface area contributed by atoms with Crippen molar-refractivity contribution in [2.45, 2.75) is 0 Å². The molecule has 1 aromatic heterocycles. The summed E-state index contributed by atoms with van der Waals surface area (Å²) in [5.41, 5.74) is 1.65. The Morgan fingerprint density at radius 2 is 2.08 bits per heavy atom. The molecular formula is C8H4BrClN2. The summed E-state index contributed by atoms with van der Waals surface area (Å²) in [6.07, 6.45) is 1.66. The Bertz CT molecular complexity index is 394. The zero-order valence-electron chi connectivity index (χ0n) is 5.96. The molecule has 0 atom stereocenters. The summed E-state index contributed by atoms with van der Waals surface area (Å²) < 4.78 is 0.720. The first kappa shape index (κ1) is 7.95. The number of nitrogens with zero attached hydrogens (tertiary/aromatic N) is 2. The molecule has 4 heteroatoms. The van der Waals surface area contributed by atoms with Crippen LogP contribution in [0.2, 0.25) is 5.02 Å². The van der Waals surface area contributed by atoms with Crippen molar-refractivity contribution in [3.8, 4) is 0 Å². The van der Waals surface area contributed by atoms with Gasteiger partial charge in [0.1, 0.15) is 4.60 Å². The van der Waals surface area contributed by atoms with E-state index in [-0.39, 0.29) is 0 Å². The van der Waals surface area contributed by atoms with Gasteiger partial charge in [-0.2, -0.15) is 0 Å². The second kappa shape index (κ2) is 2.99. The van der Waals surface area contributed by atoms with E-state index in [2.05, 4.69) is 25.9 Å². The zero-order valence-corrected chi connectivity index (χ0v) is 8.30. The highest BCUT2D eigenvalue weighted by Gasteiger charge is 1.97. The van der Waals surface area contributed by atoms with Crippen molar-refractivity contribution in [2.24, 2.45) is 0 Å².